The molecule has 1 N–H and O–H groups in total. The van der Waals surface area contributed by atoms with Crippen LogP contribution in [0.15, 0.2) is 46.7 Å². The lowest BCUT2D eigenvalue weighted by atomic mass is 10.4. The molecule has 19 heavy (non-hydrogen) atoms. The highest BCUT2D eigenvalue weighted by atomic mass is 35.5. The molecule has 1 aromatic heterocycles. The first-order valence-corrected chi connectivity index (χ1v) is 8.71. The largest absolute Gasteiger partial charge is 0.311 e. The van der Waals surface area contributed by atoms with E-state index in [9.17, 15) is 8.42 Å². The average molecular weight is 316 g/mol. The third kappa shape index (κ3) is 4.04. The van der Waals surface area contributed by atoms with Gasteiger partial charge in [-0.05, 0) is 23.6 Å². The number of rotatable bonds is 6. The van der Waals surface area contributed by atoms with Gasteiger partial charge in [-0.3, -0.25) is 0 Å². The zero-order chi connectivity index (χ0) is 13.7. The van der Waals surface area contributed by atoms with Crippen molar-refractivity contribution >= 4 is 32.8 Å². The topological polar surface area (TPSA) is 46.2 Å². The molecular formula is C13H14ClNO2S2. The smallest absolute Gasteiger partial charge is 0.181 e. The molecule has 1 heterocycles. The van der Waals surface area contributed by atoms with Crippen LogP contribution in [0.1, 0.15) is 4.88 Å². The van der Waals surface area contributed by atoms with E-state index in [0.29, 0.717) is 13.1 Å². The molecular weight excluding hydrogens is 302 g/mol. The number of hydrogen-bond donors (Lipinski definition) is 1. The fraction of sp³-hybridized carbons (Fsp3) is 0.231. The summed E-state index contributed by atoms with van der Waals surface area (Å²) in [5.41, 5.74) is 0. The summed E-state index contributed by atoms with van der Waals surface area (Å²) in [5.74, 6) is 0.0438. The van der Waals surface area contributed by atoms with E-state index in [4.69, 9.17) is 11.6 Å². The van der Waals surface area contributed by atoms with E-state index in [0.717, 1.165) is 0 Å². The molecule has 2 rings (SSSR count). The Bertz CT molecular complexity index is 624. The standard InChI is InChI=1S/C13H14ClNO2S2/c14-12-5-1-2-6-13(12)19(16,17)9-7-15-10-11-4-3-8-18-11/h1-6,8,15H,7,9-10H2. The van der Waals surface area contributed by atoms with Crippen molar-refractivity contribution in [2.24, 2.45) is 0 Å². The second-order valence-corrected chi connectivity index (χ2v) is 7.52. The number of hydrogen-bond acceptors (Lipinski definition) is 4. The lowest BCUT2D eigenvalue weighted by Gasteiger charge is -2.07. The monoisotopic (exact) mass is 315 g/mol. The summed E-state index contributed by atoms with van der Waals surface area (Å²) in [6.45, 7) is 1.10. The Morgan fingerprint density at radius 3 is 2.63 bits per heavy atom. The van der Waals surface area contributed by atoms with Crippen molar-refractivity contribution in [1.29, 1.82) is 0 Å². The number of nitrogens with one attached hydrogen (secondary N) is 1. The quantitative estimate of drug-likeness (QED) is 0.834. The van der Waals surface area contributed by atoms with Crippen LogP contribution in [0.2, 0.25) is 5.02 Å². The molecule has 0 aliphatic heterocycles. The molecule has 0 radical (unpaired) electrons. The van der Waals surface area contributed by atoms with Crippen molar-refractivity contribution in [1.82, 2.24) is 5.32 Å². The van der Waals surface area contributed by atoms with E-state index in [1.54, 1.807) is 29.5 Å². The van der Waals surface area contributed by atoms with E-state index in [1.165, 1.54) is 10.9 Å². The molecule has 0 aliphatic carbocycles. The van der Waals surface area contributed by atoms with Crippen LogP contribution in [-0.2, 0) is 16.4 Å². The molecule has 0 bridgehead atoms. The minimum Gasteiger partial charge on any atom is -0.311 e. The molecule has 6 heteroatoms. The van der Waals surface area contributed by atoms with Crippen molar-refractivity contribution in [2.75, 3.05) is 12.3 Å². The Kier molecular flexibility index (Phi) is 4.99. The SMILES string of the molecule is O=S(=O)(CCNCc1cccs1)c1ccccc1Cl. The van der Waals surface area contributed by atoms with Gasteiger partial charge in [-0.1, -0.05) is 29.8 Å². The third-order valence-electron chi connectivity index (χ3n) is 2.60. The Labute approximate surface area is 122 Å². The van der Waals surface area contributed by atoms with E-state index in [2.05, 4.69) is 5.32 Å². The van der Waals surface area contributed by atoms with Gasteiger partial charge in [0.1, 0.15) is 0 Å². The van der Waals surface area contributed by atoms with Crippen molar-refractivity contribution < 1.29 is 8.42 Å². The third-order valence-corrected chi connectivity index (χ3v) is 5.68. The first kappa shape index (κ1) is 14.5. The zero-order valence-electron chi connectivity index (χ0n) is 10.2. The van der Waals surface area contributed by atoms with Gasteiger partial charge >= 0.3 is 0 Å². The van der Waals surface area contributed by atoms with Crippen molar-refractivity contribution in [3.05, 3.63) is 51.7 Å². The summed E-state index contributed by atoms with van der Waals surface area (Å²) in [6, 6.07) is 10.5. The van der Waals surface area contributed by atoms with Gasteiger partial charge in [0.2, 0.25) is 0 Å². The molecule has 0 saturated carbocycles. The van der Waals surface area contributed by atoms with Crippen LogP contribution in [0.5, 0.6) is 0 Å². The molecule has 1 aromatic carbocycles. The summed E-state index contributed by atoms with van der Waals surface area (Å²) in [6.07, 6.45) is 0. The van der Waals surface area contributed by atoms with E-state index < -0.39 is 9.84 Å². The van der Waals surface area contributed by atoms with Crippen LogP contribution in [0, 0.1) is 0 Å². The van der Waals surface area contributed by atoms with Crippen molar-refractivity contribution in [3.63, 3.8) is 0 Å². The van der Waals surface area contributed by atoms with Gasteiger partial charge in [-0.2, -0.15) is 0 Å². The minimum absolute atomic E-state index is 0.0438. The summed E-state index contributed by atoms with van der Waals surface area (Å²) >= 11 is 7.55. The molecule has 0 saturated heterocycles. The van der Waals surface area contributed by atoms with Gasteiger partial charge in [0, 0.05) is 18.0 Å². The maximum Gasteiger partial charge on any atom is 0.181 e. The summed E-state index contributed by atoms with van der Waals surface area (Å²) in [5, 5.41) is 5.40. The van der Waals surface area contributed by atoms with Crippen LogP contribution >= 0.6 is 22.9 Å². The predicted octanol–water partition coefficient (Wildman–Crippen LogP) is 2.97. The molecule has 0 unspecified atom stereocenters. The maximum atomic E-state index is 12.1. The fourth-order valence-corrected chi connectivity index (χ4v) is 4.09. The van der Waals surface area contributed by atoms with Gasteiger partial charge in [-0.25, -0.2) is 8.42 Å². The number of thiophene rings is 1. The first-order chi connectivity index (χ1) is 9.09. The lowest BCUT2D eigenvalue weighted by molar-refractivity contribution is 0.591. The number of benzene rings is 1. The van der Waals surface area contributed by atoms with Gasteiger partial charge < -0.3 is 5.32 Å². The number of halogens is 1. The predicted molar refractivity (Wildman–Crippen MR) is 79.5 cm³/mol. The van der Waals surface area contributed by atoms with Crippen LogP contribution in [-0.4, -0.2) is 20.7 Å². The van der Waals surface area contributed by atoms with Crippen molar-refractivity contribution in [2.45, 2.75) is 11.4 Å². The summed E-state index contributed by atoms with van der Waals surface area (Å²) in [4.78, 5) is 1.39. The molecule has 0 fully saturated rings. The molecule has 0 spiro atoms. The second-order valence-electron chi connectivity index (χ2n) is 4.01. The minimum atomic E-state index is -3.32. The average Bonchev–Trinajstić information content (AvgIpc) is 2.88. The molecule has 3 nitrogen and oxygen atoms in total. The lowest BCUT2D eigenvalue weighted by Crippen LogP contribution is -2.22. The first-order valence-electron chi connectivity index (χ1n) is 5.80. The molecule has 0 atom stereocenters. The van der Waals surface area contributed by atoms with E-state index >= 15 is 0 Å². The van der Waals surface area contributed by atoms with E-state index in [-0.39, 0.29) is 15.7 Å². The van der Waals surface area contributed by atoms with Crippen LogP contribution in [0.25, 0.3) is 0 Å². The Morgan fingerprint density at radius 2 is 1.95 bits per heavy atom. The van der Waals surface area contributed by atoms with Crippen LogP contribution < -0.4 is 5.32 Å². The van der Waals surface area contributed by atoms with Crippen LogP contribution in [0.3, 0.4) is 0 Å². The van der Waals surface area contributed by atoms with Crippen LogP contribution in [0.4, 0.5) is 0 Å². The van der Waals surface area contributed by atoms with Gasteiger partial charge in [-0.15, -0.1) is 11.3 Å². The number of sulfone groups is 1. The van der Waals surface area contributed by atoms with E-state index in [1.807, 2.05) is 17.5 Å². The summed E-state index contributed by atoms with van der Waals surface area (Å²) in [7, 11) is -3.32. The normalized spacial score (nSPS) is 11.6. The Hall–Kier alpha value is -0.880. The second kappa shape index (κ2) is 6.52. The van der Waals surface area contributed by atoms with Gasteiger partial charge in [0.05, 0.1) is 15.7 Å². The molecule has 2 aromatic rings. The zero-order valence-corrected chi connectivity index (χ0v) is 12.6. The molecule has 0 amide bonds. The molecule has 102 valence electrons. The maximum absolute atomic E-state index is 12.1. The van der Waals surface area contributed by atoms with Crippen molar-refractivity contribution in [3.8, 4) is 0 Å². The highest BCUT2D eigenvalue weighted by molar-refractivity contribution is 7.91. The fourth-order valence-electron chi connectivity index (χ4n) is 1.64. The Balaban J connectivity index is 1.90. The highest BCUT2D eigenvalue weighted by Gasteiger charge is 2.16. The Morgan fingerprint density at radius 1 is 1.16 bits per heavy atom. The van der Waals surface area contributed by atoms with Gasteiger partial charge in [0.15, 0.2) is 9.84 Å². The summed E-state index contributed by atoms with van der Waals surface area (Å²) < 4.78 is 24.2. The van der Waals surface area contributed by atoms with Gasteiger partial charge in [0.25, 0.3) is 0 Å². The molecule has 0 aliphatic rings. The highest BCUT2D eigenvalue weighted by Crippen LogP contribution is 2.21.